The molecule has 0 N–H and O–H groups in total. The Bertz CT molecular complexity index is 695. The van der Waals surface area contributed by atoms with Gasteiger partial charge in [-0.25, -0.2) is 4.98 Å². The van der Waals surface area contributed by atoms with Gasteiger partial charge in [-0.3, -0.25) is 4.90 Å². The van der Waals surface area contributed by atoms with Crippen molar-refractivity contribution in [3.8, 4) is 0 Å². The molecular weight excluding hydrogens is 310 g/mol. The van der Waals surface area contributed by atoms with Crippen LogP contribution in [0.5, 0.6) is 0 Å². The lowest BCUT2D eigenvalue weighted by atomic mass is 10.0. The number of hydrogen-bond acceptors (Lipinski definition) is 5. The van der Waals surface area contributed by atoms with Crippen LogP contribution in [0.15, 0.2) is 30.3 Å². The molecule has 0 amide bonds. The summed E-state index contributed by atoms with van der Waals surface area (Å²) in [6.45, 7) is 9.25. The minimum Gasteiger partial charge on any atom is -0.357 e. The van der Waals surface area contributed by atoms with E-state index in [9.17, 15) is 0 Å². The fourth-order valence-electron chi connectivity index (χ4n) is 3.41. The molecule has 0 saturated heterocycles. The van der Waals surface area contributed by atoms with Gasteiger partial charge in [-0.15, -0.1) is 0 Å². The highest BCUT2D eigenvalue weighted by Crippen LogP contribution is 2.29. The number of anilines is 2. The molecule has 0 saturated carbocycles. The molecule has 1 aliphatic heterocycles. The van der Waals surface area contributed by atoms with Crippen LogP contribution in [0.1, 0.15) is 30.7 Å². The van der Waals surface area contributed by atoms with Crippen LogP contribution in [-0.4, -0.2) is 48.6 Å². The minimum absolute atomic E-state index is 0.808. The maximum atomic E-state index is 4.86. The molecule has 1 aromatic carbocycles. The van der Waals surface area contributed by atoms with Gasteiger partial charge in [0.15, 0.2) is 0 Å². The number of aromatic nitrogens is 2. The van der Waals surface area contributed by atoms with E-state index in [-0.39, 0.29) is 0 Å². The van der Waals surface area contributed by atoms with Crippen LogP contribution in [0.3, 0.4) is 0 Å². The summed E-state index contributed by atoms with van der Waals surface area (Å²) in [5, 5.41) is 0. The Hall–Kier alpha value is -2.14. The van der Waals surface area contributed by atoms with Gasteiger partial charge in [0.05, 0.1) is 5.69 Å². The molecular formula is C20H29N5. The Morgan fingerprint density at radius 3 is 2.40 bits per heavy atom. The van der Waals surface area contributed by atoms with E-state index < -0.39 is 0 Å². The van der Waals surface area contributed by atoms with Crippen molar-refractivity contribution in [2.75, 3.05) is 43.5 Å². The monoisotopic (exact) mass is 339 g/mol. The topological polar surface area (TPSA) is 35.5 Å². The van der Waals surface area contributed by atoms with Crippen LogP contribution in [0.2, 0.25) is 0 Å². The molecule has 0 unspecified atom stereocenters. The van der Waals surface area contributed by atoms with E-state index in [0.717, 1.165) is 50.9 Å². The van der Waals surface area contributed by atoms with Crippen molar-refractivity contribution >= 4 is 11.8 Å². The summed E-state index contributed by atoms with van der Waals surface area (Å²) in [6, 6.07) is 10.7. The predicted octanol–water partition coefficient (Wildman–Crippen LogP) is 2.95. The summed E-state index contributed by atoms with van der Waals surface area (Å²) >= 11 is 0. The molecule has 1 aliphatic rings. The van der Waals surface area contributed by atoms with Crippen molar-refractivity contribution in [3.05, 3.63) is 47.2 Å². The summed E-state index contributed by atoms with van der Waals surface area (Å²) in [5.41, 5.74) is 3.87. The molecule has 134 valence electrons. The summed E-state index contributed by atoms with van der Waals surface area (Å²) in [5.74, 6) is 1.93. The molecule has 0 radical (unpaired) electrons. The first-order valence-corrected chi connectivity index (χ1v) is 9.20. The molecule has 1 aromatic heterocycles. The molecule has 5 nitrogen and oxygen atoms in total. The number of fused-ring (bicyclic) bond motifs is 1. The Morgan fingerprint density at radius 1 is 1.04 bits per heavy atom. The third-order valence-corrected chi connectivity index (χ3v) is 4.82. The zero-order valence-corrected chi connectivity index (χ0v) is 15.9. The van der Waals surface area contributed by atoms with E-state index >= 15 is 0 Å². The lowest BCUT2D eigenvalue weighted by molar-refractivity contribution is 0.241. The van der Waals surface area contributed by atoms with E-state index in [1.807, 2.05) is 19.0 Å². The molecule has 2 aromatic rings. The zero-order chi connectivity index (χ0) is 17.8. The predicted molar refractivity (Wildman–Crippen MR) is 104 cm³/mol. The van der Waals surface area contributed by atoms with Gasteiger partial charge in [0.25, 0.3) is 0 Å². The van der Waals surface area contributed by atoms with Crippen LogP contribution in [0, 0.1) is 0 Å². The second kappa shape index (κ2) is 7.83. The standard InChI is InChI=1S/C20H29N5/c1-5-25(6-2)19-17-12-13-24(14-16-10-8-7-9-11-16)15-18(17)21-20(22-19)23(3)4/h7-11H,5-6,12-15H2,1-4H3. The molecule has 0 aliphatic carbocycles. The van der Waals surface area contributed by atoms with Crippen LogP contribution in [0.25, 0.3) is 0 Å². The van der Waals surface area contributed by atoms with Gasteiger partial charge >= 0.3 is 0 Å². The van der Waals surface area contributed by atoms with Crippen molar-refractivity contribution in [2.24, 2.45) is 0 Å². The molecule has 25 heavy (non-hydrogen) atoms. The molecule has 0 spiro atoms. The average Bonchev–Trinajstić information content (AvgIpc) is 2.63. The van der Waals surface area contributed by atoms with Crippen LogP contribution in [-0.2, 0) is 19.5 Å². The van der Waals surface area contributed by atoms with Crippen molar-refractivity contribution < 1.29 is 0 Å². The highest BCUT2D eigenvalue weighted by atomic mass is 15.3. The second-order valence-electron chi connectivity index (χ2n) is 6.79. The van der Waals surface area contributed by atoms with E-state index in [2.05, 4.69) is 54.0 Å². The van der Waals surface area contributed by atoms with Gasteiger partial charge in [0.2, 0.25) is 5.95 Å². The molecule has 3 rings (SSSR count). The van der Waals surface area contributed by atoms with Crippen molar-refractivity contribution in [1.82, 2.24) is 14.9 Å². The first kappa shape index (κ1) is 17.7. The van der Waals surface area contributed by atoms with Gasteiger partial charge in [-0.1, -0.05) is 30.3 Å². The van der Waals surface area contributed by atoms with Crippen molar-refractivity contribution in [1.29, 1.82) is 0 Å². The Morgan fingerprint density at radius 2 is 1.76 bits per heavy atom. The molecule has 0 fully saturated rings. The quantitative estimate of drug-likeness (QED) is 0.808. The maximum absolute atomic E-state index is 4.86. The fraction of sp³-hybridized carbons (Fsp3) is 0.500. The van der Waals surface area contributed by atoms with Gasteiger partial charge in [-0.2, -0.15) is 4.98 Å². The third kappa shape index (κ3) is 3.93. The summed E-state index contributed by atoms with van der Waals surface area (Å²) in [4.78, 5) is 16.6. The van der Waals surface area contributed by atoms with Crippen molar-refractivity contribution in [2.45, 2.75) is 33.4 Å². The van der Waals surface area contributed by atoms with E-state index in [1.54, 1.807) is 0 Å². The van der Waals surface area contributed by atoms with E-state index in [1.165, 1.54) is 16.8 Å². The highest BCUT2D eigenvalue weighted by molar-refractivity contribution is 5.54. The lowest BCUT2D eigenvalue weighted by Gasteiger charge is -2.32. The first-order chi connectivity index (χ1) is 12.1. The SMILES string of the molecule is CCN(CC)c1nc(N(C)C)nc2c1CCN(Cc1ccccc1)C2. The summed E-state index contributed by atoms with van der Waals surface area (Å²) < 4.78 is 0. The van der Waals surface area contributed by atoms with Crippen molar-refractivity contribution in [3.63, 3.8) is 0 Å². The maximum Gasteiger partial charge on any atom is 0.227 e. The lowest BCUT2D eigenvalue weighted by Crippen LogP contribution is -2.34. The third-order valence-electron chi connectivity index (χ3n) is 4.82. The molecule has 0 atom stereocenters. The van der Waals surface area contributed by atoms with Crippen LogP contribution < -0.4 is 9.80 Å². The molecule has 5 heteroatoms. The zero-order valence-electron chi connectivity index (χ0n) is 15.9. The highest BCUT2D eigenvalue weighted by Gasteiger charge is 2.24. The first-order valence-electron chi connectivity index (χ1n) is 9.20. The van der Waals surface area contributed by atoms with E-state index in [4.69, 9.17) is 9.97 Å². The van der Waals surface area contributed by atoms with Gasteiger partial charge in [-0.05, 0) is 25.8 Å². The summed E-state index contributed by atoms with van der Waals surface area (Å²) in [7, 11) is 4.02. The molecule has 0 bridgehead atoms. The van der Waals surface area contributed by atoms with Gasteiger partial charge < -0.3 is 9.80 Å². The Labute approximate surface area is 151 Å². The number of hydrogen-bond donors (Lipinski definition) is 0. The largest absolute Gasteiger partial charge is 0.357 e. The smallest absolute Gasteiger partial charge is 0.227 e. The second-order valence-corrected chi connectivity index (χ2v) is 6.79. The van der Waals surface area contributed by atoms with Crippen LogP contribution >= 0.6 is 0 Å². The Kier molecular flexibility index (Phi) is 5.53. The normalized spacial score (nSPS) is 14.2. The number of rotatable bonds is 6. The minimum atomic E-state index is 0.808. The summed E-state index contributed by atoms with van der Waals surface area (Å²) in [6.07, 6.45) is 1.02. The molecule has 2 heterocycles. The van der Waals surface area contributed by atoms with Gasteiger partial charge in [0, 0.05) is 52.4 Å². The fourth-order valence-corrected chi connectivity index (χ4v) is 3.41. The number of benzene rings is 1. The number of nitrogens with zero attached hydrogens (tertiary/aromatic N) is 5. The Balaban J connectivity index is 1.89. The average molecular weight is 339 g/mol. The van der Waals surface area contributed by atoms with Gasteiger partial charge in [0.1, 0.15) is 5.82 Å². The van der Waals surface area contributed by atoms with Crippen LogP contribution in [0.4, 0.5) is 11.8 Å². The van der Waals surface area contributed by atoms with E-state index in [0.29, 0.717) is 0 Å².